The molecule has 0 saturated carbocycles. The summed E-state index contributed by atoms with van der Waals surface area (Å²) in [4.78, 5) is 30.6. The molecule has 0 bridgehead atoms. The van der Waals surface area contributed by atoms with Gasteiger partial charge in [-0.25, -0.2) is 14.4 Å². The van der Waals surface area contributed by atoms with Crippen molar-refractivity contribution in [3.8, 4) is 12.3 Å². The molecule has 0 spiro atoms. The number of benzene rings is 1. The van der Waals surface area contributed by atoms with Crippen molar-refractivity contribution in [3.05, 3.63) is 62.8 Å². The van der Waals surface area contributed by atoms with Crippen LogP contribution in [0.3, 0.4) is 0 Å². The molecule has 0 amide bonds. The second-order valence-electron chi connectivity index (χ2n) is 5.19. The average molecular weight is 310 g/mol. The summed E-state index contributed by atoms with van der Waals surface area (Å²) in [6.45, 7) is 0.245. The molecule has 0 saturated heterocycles. The smallest absolute Gasteiger partial charge is 0.333 e. The fraction of sp³-hybridized carbons (Fsp3) is 0.235. The third-order valence-corrected chi connectivity index (χ3v) is 3.11. The zero-order valence-corrected chi connectivity index (χ0v) is 13.1. The minimum atomic E-state index is -0.467. The third-order valence-electron chi connectivity index (χ3n) is 3.11. The minimum absolute atomic E-state index is 0.0653. The molecule has 0 aliphatic rings. The van der Waals surface area contributed by atoms with Crippen LogP contribution in [0.4, 0.5) is 5.82 Å². The molecule has 0 unspecified atom stereocenters. The molecular formula is C17H18N4O2. The highest BCUT2D eigenvalue weighted by Gasteiger charge is 2.10. The van der Waals surface area contributed by atoms with E-state index in [-0.39, 0.29) is 6.54 Å². The van der Waals surface area contributed by atoms with Crippen LogP contribution in [0.5, 0.6) is 0 Å². The number of nitrogens with zero attached hydrogens (tertiary/aromatic N) is 4. The monoisotopic (exact) mass is 310 g/mol. The first-order valence-corrected chi connectivity index (χ1v) is 7.05. The molecule has 0 N–H and O–H groups in total. The van der Waals surface area contributed by atoms with Crippen LogP contribution in [0.2, 0.25) is 0 Å². The van der Waals surface area contributed by atoms with Crippen molar-refractivity contribution in [2.45, 2.75) is 13.1 Å². The van der Waals surface area contributed by atoms with E-state index in [9.17, 15) is 9.59 Å². The molecule has 0 aliphatic carbocycles. The summed E-state index contributed by atoms with van der Waals surface area (Å²) in [6.07, 6.45) is 6.79. The molecule has 0 fully saturated rings. The summed E-state index contributed by atoms with van der Waals surface area (Å²) in [5.74, 6) is 2.63. The molecule has 1 heterocycles. The van der Waals surface area contributed by atoms with Gasteiger partial charge in [-0.3, -0.25) is 9.36 Å². The predicted molar refractivity (Wildman–Crippen MR) is 91.2 cm³/mol. The van der Waals surface area contributed by atoms with Crippen LogP contribution < -0.4 is 11.2 Å². The molecule has 118 valence electrons. The summed E-state index contributed by atoms with van der Waals surface area (Å²) < 4.78 is 2.46. The highest BCUT2D eigenvalue weighted by molar-refractivity contribution is 5.59. The first-order chi connectivity index (χ1) is 11.0. The standard InChI is InChI=1S/C17H18N4O2/c1-4-10-20-16(22)11-15(18-13-19(2)3)21(17(20)23)12-14-8-6-5-7-9-14/h1,5-9,11,13H,10,12H2,2-3H3. The lowest BCUT2D eigenvalue weighted by molar-refractivity contribution is 0.621. The van der Waals surface area contributed by atoms with Gasteiger partial charge in [0.15, 0.2) is 0 Å². The van der Waals surface area contributed by atoms with Crippen LogP contribution in [0, 0.1) is 12.3 Å². The van der Waals surface area contributed by atoms with Crippen LogP contribution >= 0.6 is 0 Å². The quantitative estimate of drug-likeness (QED) is 0.469. The number of aliphatic imine (C=N–C) groups is 1. The number of rotatable bonds is 5. The Morgan fingerprint density at radius 2 is 1.91 bits per heavy atom. The van der Waals surface area contributed by atoms with E-state index < -0.39 is 11.2 Å². The van der Waals surface area contributed by atoms with Gasteiger partial charge >= 0.3 is 5.69 Å². The van der Waals surface area contributed by atoms with Crippen molar-refractivity contribution >= 4 is 12.2 Å². The Labute approximate surface area is 134 Å². The number of aromatic nitrogens is 2. The maximum atomic E-state index is 12.6. The van der Waals surface area contributed by atoms with Gasteiger partial charge in [-0.1, -0.05) is 36.3 Å². The van der Waals surface area contributed by atoms with E-state index in [1.165, 1.54) is 10.6 Å². The first kappa shape index (κ1) is 16.3. The summed E-state index contributed by atoms with van der Waals surface area (Å²) in [7, 11) is 3.62. The number of hydrogen-bond acceptors (Lipinski definition) is 3. The van der Waals surface area contributed by atoms with Gasteiger partial charge in [-0.05, 0) is 5.56 Å². The van der Waals surface area contributed by atoms with Crippen molar-refractivity contribution in [3.63, 3.8) is 0 Å². The van der Waals surface area contributed by atoms with Gasteiger partial charge in [0.05, 0.1) is 19.4 Å². The lowest BCUT2D eigenvalue weighted by Crippen LogP contribution is -2.39. The van der Waals surface area contributed by atoms with Crippen molar-refractivity contribution in [2.75, 3.05) is 14.1 Å². The van der Waals surface area contributed by atoms with Gasteiger partial charge in [0, 0.05) is 20.2 Å². The second-order valence-corrected chi connectivity index (χ2v) is 5.19. The van der Waals surface area contributed by atoms with Crippen molar-refractivity contribution in [2.24, 2.45) is 4.99 Å². The Morgan fingerprint density at radius 3 is 2.52 bits per heavy atom. The molecule has 6 heteroatoms. The van der Waals surface area contributed by atoms with Gasteiger partial charge in [-0.2, -0.15) is 0 Å². The summed E-state index contributed by atoms with van der Waals surface area (Å²) in [5.41, 5.74) is 0.00943. The van der Waals surface area contributed by atoms with Crippen molar-refractivity contribution < 1.29 is 0 Å². The largest absolute Gasteiger partial charge is 0.369 e. The molecule has 0 atom stereocenters. The van der Waals surface area contributed by atoms with Crippen molar-refractivity contribution in [1.82, 2.24) is 14.0 Å². The van der Waals surface area contributed by atoms with Crippen LogP contribution in [-0.4, -0.2) is 34.5 Å². The van der Waals surface area contributed by atoms with E-state index in [4.69, 9.17) is 6.42 Å². The van der Waals surface area contributed by atoms with E-state index in [1.54, 1.807) is 11.2 Å². The molecule has 0 radical (unpaired) electrons. The van der Waals surface area contributed by atoms with Gasteiger partial charge in [0.2, 0.25) is 0 Å². The minimum Gasteiger partial charge on any atom is -0.369 e. The van der Waals surface area contributed by atoms with Gasteiger partial charge in [0.25, 0.3) is 5.56 Å². The fourth-order valence-corrected chi connectivity index (χ4v) is 2.04. The summed E-state index contributed by atoms with van der Waals surface area (Å²) >= 11 is 0. The lowest BCUT2D eigenvalue weighted by atomic mass is 10.2. The average Bonchev–Trinajstić information content (AvgIpc) is 2.53. The Hall–Kier alpha value is -3.07. The van der Waals surface area contributed by atoms with Crippen LogP contribution in [-0.2, 0) is 13.1 Å². The topological polar surface area (TPSA) is 59.6 Å². The Morgan fingerprint density at radius 1 is 1.22 bits per heavy atom. The second kappa shape index (κ2) is 7.27. The number of terminal acetylenes is 1. The molecular weight excluding hydrogens is 292 g/mol. The van der Waals surface area contributed by atoms with Crippen LogP contribution in [0.1, 0.15) is 5.56 Å². The predicted octanol–water partition coefficient (Wildman–Crippen LogP) is 0.913. The molecule has 0 aliphatic heterocycles. The Kier molecular flexibility index (Phi) is 5.15. The Bertz CT molecular complexity index is 855. The molecule has 2 aromatic rings. The highest BCUT2D eigenvalue weighted by Crippen LogP contribution is 2.09. The van der Waals surface area contributed by atoms with E-state index in [1.807, 2.05) is 44.4 Å². The molecule has 2 rings (SSSR count). The fourth-order valence-electron chi connectivity index (χ4n) is 2.04. The third kappa shape index (κ3) is 3.98. The molecule has 6 nitrogen and oxygen atoms in total. The summed E-state index contributed by atoms with van der Waals surface area (Å²) in [6, 6.07) is 10.8. The maximum absolute atomic E-state index is 12.6. The molecule has 1 aromatic heterocycles. The van der Waals surface area contributed by atoms with Gasteiger partial charge in [-0.15, -0.1) is 6.42 Å². The van der Waals surface area contributed by atoms with E-state index in [0.717, 1.165) is 10.1 Å². The zero-order valence-electron chi connectivity index (χ0n) is 13.1. The van der Waals surface area contributed by atoms with Gasteiger partial charge < -0.3 is 4.90 Å². The van der Waals surface area contributed by atoms with E-state index >= 15 is 0 Å². The maximum Gasteiger partial charge on any atom is 0.333 e. The highest BCUT2D eigenvalue weighted by atomic mass is 16.2. The number of hydrogen-bond donors (Lipinski definition) is 0. The molecule has 1 aromatic carbocycles. The lowest BCUT2D eigenvalue weighted by Gasteiger charge is -2.12. The van der Waals surface area contributed by atoms with Crippen molar-refractivity contribution in [1.29, 1.82) is 0 Å². The van der Waals surface area contributed by atoms with Crippen LogP contribution in [0.25, 0.3) is 0 Å². The Balaban J connectivity index is 2.59. The molecule has 23 heavy (non-hydrogen) atoms. The van der Waals surface area contributed by atoms with Gasteiger partial charge in [0.1, 0.15) is 5.82 Å². The van der Waals surface area contributed by atoms with E-state index in [0.29, 0.717) is 12.4 Å². The zero-order chi connectivity index (χ0) is 16.8. The SMILES string of the molecule is C#CCn1c(=O)cc(N=CN(C)C)n(Cc2ccccc2)c1=O. The summed E-state index contributed by atoms with van der Waals surface area (Å²) in [5, 5.41) is 0. The van der Waals surface area contributed by atoms with Crippen LogP contribution in [0.15, 0.2) is 51.0 Å². The first-order valence-electron chi connectivity index (χ1n) is 7.05. The normalized spacial score (nSPS) is 10.7. The van der Waals surface area contributed by atoms with E-state index in [2.05, 4.69) is 10.9 Å².